The van der Waals surface area contributed by atoms with E-state index in [0.29, 0.717) is 0 Å². The van der Waals surface area contributed by atoms with Gasteiger partial charge in [-0.3, -0.25) is 4.79 Å². The number of H-pyrrole nitrogens is 1. The Labute approximate surface area is 61.5 Å². The number of pyridine rings is 1. The van der Waals surface area contributed by atoms with E-state index in [4.69, 9.17) is 10.8 Å². The van der Waals surface area contributed by atoms with Crippen LogP contribution in [-0.2, 0) is 0 Å². The van der Waals surface area contributed by atoms with Crippen molar-refractivity contribution in [1.82, 2.24) is 4.98 Å². The summed E-state index contributed by atoms with van der Waals surface area (Å²) in [5.41, 5.74) is 4.68. The van der Waals surface area contributed by atoms with Gasteiger partial charge < -0.3 is 15.8 Å². The lowest BCUT2D eigenvalue weighted by Crippen LogP contribution is -2.12. The number of aromatic carboxylic acids is 1. The maximum atomic E-state index is 10.5. The van der Waals surface area contributed by atoms with E-state index in [1.165, 1.54) is 0 Å². The number of nitrogens with one attached hydrogen (secondary N) is 1. The number of aromatic nitrogens is 1. The van der Waals surface area contributed by atoms with E-state index in [9.17, 15) is 9.59 Å². The smallest absolute Gasteiger partial charge is 0.339 e. The van der Waals surface area contributed by atoms with Crippen molar-refractivity contribution in [3.63, 3.8) is 0 Å². The molecule has 0 aromatic carbocycles. The number of carboxylic acid groups (broad SMARTS) is 1. The van der Waals surface area contributed by atoms with Crippen LogP contribution in [0.1, 0.15) is 10.4 Å². The van der Waals surface area contributed by atoms with Gasteiger partial charge in [-0.2, -0.15) is 0 Å². The quantitative estimate of drug-likeness (QED) is 0.515. The molecule has 1 aromatic heterocycles. The van der Waals surface area contributed by atoms with Crippen molar-refractivity contribution < 1.29 is 9.90 Å². The van der Waals surface area contributed by atoms with Crippen molar-refractivity contribution in [3.8, 4) is 0 Å². The Kier molecular flexibility index (Phi) is 1.63. The molecule has 0 saturated heterocycles. The number of anilines is 1. The van der Waals surface area contributed by atoms with Crippen LogP contribution in [0.4, 0.5) is 5.82 Å². The first-order valence-electron chi connectivity index (χ1n) is 2.83. The van der Waals surface area contributed by atoms with E-state index in [-0.39, 0.29) is 11.4 Å². The average molecular weight is 154 g/mol. The molecule has 0 aliphatic rings. The van der Waals surface area contributed by atoms with Crippen LogP contribution in [-0.4, -0.2) is 16.1 Å². The molecule has 0 amide bonds. The summed E-state index contributed by atoms with van der Waals surface area (Å²) in [7, 11) is 0. The summed E-state index contributed by atoms with van der Waals surface area (Å²) < 4.78 is 0. The van der Waals surface area contributed by atoms with E-state index in [1.54, 1.807) is 0 Å². The summed E-state index contributed by atoms with van der Waals surface area (Å²) in [6.45, 7) is 0. The maximum Gasteiger partial charge on any atom is 0.339 e. The lowest BCUT2D eigenvalue weighted by Gasteiger charge is -1.96. The number of rotatable bonds is 1. The first-order valence-corrected chi connectivity index (χ1v) is 2.83. The second-order valence-electron chi connectivity index (χ2n) is 1.96. The Balaban J connectivity index is 3.31. The zero-order chi connectivity index (χ0) is 8.43. The van der Waals surface area contributed by atoms with Gasteiger partial charge in [0.1, 0.15) is 5.82 Å². The van der Waals surface area contributed by atoms with Gasteiger partial charge in [-0.05, 0) is 6.07 Å². The number of hydrogen-bond donors (Lipinski definition) is 3. The predicted molar refractivity (Wildman–Crippen MR) is 38.4 cm³/mol. The maximum absolute atomic E-state index is 10.5. The molecule has 0 aliphatic heterocycles. The van der Waals surface area contributed by atoms with Crippen LogP contribution in [0.5, 0.6) is 0 Å². The molecular weight excluding hydrogens is 148 g/mol. The van der Waals surface area contributed by atoms with Crippen molar-refractivity contribution in [1.29, 1.82) is 0 Å². The van der Waals surface area contributed by atoms with Crippen LogP contribution in [0.3, 0.4) is 0 Å². The molecule has 0 saturated carbocycles. The Morgan fingerprint density at radius 2 is 2.18 bits per heavy atom. The molecule has 0 radical (unpaired) electrons. The van der Waals surface area contributed by atoms with Crippen LogP contribution >= 0.6 is 0 Å². The highest BCUT2D eigenvalue weighted by molar-refractivity contribution is 5.92. The highest BCUT2D eigenvalue weighted by atomic mass is 16.4. The predicted octanol–water partition coefficient (Wildman–Crippen LogP) is -0.345. The standard InChI is InChI=1S/C6H6N2O3/c7-5-3(6(10)11)1-2-4(9)8-5/h1-2H,(H,10,11)(H3,7,8,9). The lowest BCUT2D eigenvalue weighted by molar-refractivity contribution is 0.0697. The van der Waals surface area contributed by atoms with Gasteiger partial charge in [-0.1, -0.05) is 0 Å². The molecule has 1 aromatic rings. The minimum Gasteiger partial charge on any atom is -0.478 e. The Hall–Kier alpha value is -1.78. The summed E-state index contributed by atoms with van der Waals surface area (Å²) in [5, 5.41) is 8.45. The minimum absolute atomic E-state index is 0.0930. The fourth-order valence-electron chi connectivity index (χ4n) is 0.677. The lowest BCUT2D eigenvalue weighted by atomic mass is 10.2. The third-order valence-corrected chi connectivity index (χ3v) is 1.18. The molecule has 0 atom stereocenters. The SMILES string of the molecule is Nc1[nH]c(=O)ccc1C(=O)O. The van der Waals surface area contributed by atoms with Crippen LogP contribution in [0.15, 0.2) is 16.9 Å². The monoisotopic (exact) mass is 154 g/mol. The zero-order valence-corrected chi connectivity index (χ0v) is 5.50. The van der Waals surface area contributed by atoms with Crippen molar-refractivity contribution in [2.24, 2.45) is 0 Å². The molecule has 58 valence electrons. The Morgan fingerprint density at radius 3 is 2.64 bits per heavy atom. The van der Waals surface area contributed by atoms with E-state index in [0.717, 1.165) is 12.1 Å². The normalized spacial score (nSPS) is 9.45. The number of nitrogens with two attached hydrogens (primary N) is 1. The average Bonchev–Trinajstić information content (AvgIpc) is 1.85. The van der Waals surface area contributed by atoms with Gasteiger partial charge in [0.2, 0.25) is 5.56 Å². The number of aromatic amines is 1. The van der Waals surface area contributed by atoms with Gasteiger partial charge in [0, 0.05) is 6.07 Å². The molecule has 0 fully saturated rings. The fourth-order valence-corrected chi connectivity index (χ4v) is 0.677. The molecule has 11 heavy (non-hydrogen) atoms. The number of nitrogen functional groups attached to an aromatic ring is 1. The van der Waals surface area contributed by atoms with Crippen molar-refractivity contribution in [3.05, 3.63) is 28.0 Å². The van der Waals surface area contributed by atoms with Crippen molar-refractivity contribution in [2.45, 2.75) is 0 Å². The third-order valence-electron chi connectivity index (χ3n) is 1.18. The molecule has 0 aliphatic carbocycles. The van der Waals surface area contributed by atoms with E-state index >= 15 is 0 Å². The summed E-state index contributed by atoms with van der Waals surface area (Å²) >= 11 is 0. The van der Waals surface area contributed by atoms with Gasteiger partial charge in [0.25, 0.3) is 0 Å². The third kappa shape index (κ3) is 1.37. The molecule has 0 spiro atoms. The van der Waals surface area contributed by atoms with E-state index < -0.39 is 11.5 Å². The van der Waals surface area contributed by atoms with Gasteiger partial charge in [-0.15, -0.1) is 0 Å². The number of carboxylic acids is 1. The van der Waals surface area contributed by atoms with Crippen LogP contribution in [0, 0.1) is 0 Å². The Morgan fingerprint density at radius 1 is 1.55 bits per heavy atom. The topological polar surface area (TPSA) is 96.2 Å². The number of carbonyl (C=O) groups is 1. The molecule has 1 heterocycles. The van der Waals surface area contributed by atoms with Crippen LogP contribution in [0.2, 0.25) is 0 Å². The number of hydrogen-bond acceptors (Lipinski definition) is 3. The second-order valence-corrected chi connectivity index (χ2v) is 1.96. The first kappa shape index (κ1) is 7.33. The fraction of sp³-hybridized carbons (Fsp3) is 0. The van der Waals surface area contributed by atoms with Gasteiger partial charge in [0.15, 0.2) is 0 Å². The van der Waals surface area contributed by atoms with Crippen molar-refractivity contribution >= 4 is 11.8 Å². The zero-order valence-electron chi connectivity index (χ0n) is 5.50. The second kappa shape index (κ2) is 2.45. The summed E-state index contributed by atoms with van der Waals surface area (Å²) in [6.07, 6.45) is 0. The molecule has 0 bridgehead atoms. The first-order chi connectivity index (χ1) is 5.11. The van der Waals surface area contributed by atoms with Gasteiger partial charge in [0.05, 0.1) is 5.56 Å². The summed E-state index contributed by atoms with van der Waals surface area (Å²) in [4.78, 5) is 23.0. The highest BCUT2D eigenvalue weighted by Gasteiger charge is 2.06. The van der Waals surface area contributed by atoms with Crippen LogP contribution < -0.4 is 11.3 Å². The van der Waals surface area contributed by atoms with Crippen molar-refractivity contribution in [2.75, 3.05) is 5.73 Å². The molecule has 4 N–H and O–H groups in total. The van der Waals surface area contributed by atoms with E-state index in [2.05, 4.69) is 4.98 Å². The molecular formula is C6H6N2O3. The molecule has 0 unspecified atom stereocenters. The minimum atomic E-state index is -1.15. The van der Waals surface area contributed by atoms with Crippen LogP contribution in [0.25, 0.3) is 0 Å². The molecule has 5 nitrogen and oxygen atoms in total. The van der Waals surface area contributed by atoms with E-state index in [1.807, 2.05) is 0 Å². The summed E-state index contributed by atoms with van der Waals surface area (Å²) in [5.74, 6) is -1.27. The molecule has 5 heteroatoms. The molecule has 1 rings (SSSR count). The van der Waals surface area contributed by atoms with Gasteiger partial charge in [-0.25, -0.2) is 4.79 Å². The Bertz CT molecular complexity index is 342. The van der Waals surface area contributed by atoms with Gasteiger partial charge >= 0.3 is 5.97 Å². The largest absolute Gasteiger partial charge is 0.478 e. The highest BCUT2D eigenvalue weighted by Crippen LogP contribution is 2.02. The summed E-state index contributed by atoms with van der Waals surface area (Å²) in [6, 6.07) is 2.27.